The van der Waals surface area contributed by atoms with Gasteiger partial charge in [0.05, 0.1) is 33.3 Å². The van der Waals surface area contributed by atoms with Gasteiger partial charge < -0.3 is 9.13 Å². The van der Waals surface area contributed by atoms with Gasteiger partial charge in [0.1, 0.15) is 0 Å². The van der Waals surface area contributed by atoms with Crippen LogP contribution in [0.2, 0.25) is 0 Å². The number of benzene rings is 10. The van der Waals surface area contributed by atoms with E-state index in [1.165, 1.54) is 12.1 Å². The van der Waals surface area contributed by atoms with Crippen molar-refractivity contribution in [3.8, 4) is 78.9 Å². The highest BCUT2D eigenvalue weighted by atomic mass is 19.4. The van der Waals surface area contributed by atoms with Crippen molar-refractivity contribution in [1.29, 1.82) is 0 Å². The van der Waals surface area contributed by atoms with Gasteiger partial charge >= 0.3 is 6.18 Å². The number of hydrogen-bond acceptors (Lipinski definition) is 3. The lowest BCUT2D eigenvalue weighted by atomic mass is 9.93. The number of fused-ring (bicyclic) bond motifs is 6. The molecule has 0 N–H and O–H groups in total. The molecule has 13 aromatic rings. The second-order valence-corrected chi connectivity index (χ2v) is 17.9. The van der Waals surface area contributed by atoms with Crippen LogP contribution in [-0.2, 0) is 6.18 Å². The molecule has 0 radical (unpaired) electrons. The summed E-state index contributed by atoms with van der Waals surface area (Å²) in [6, 6.07) is 78.6. The molecule has 3 aromatic heterocycles. The number of aromatic nitrogens is 5. The maximum atomic E-state index is 16.1. The standard InChI is InChI=1S/C64H40F3N5/c65-64(66,67)55-29-17-28-50(60(55)72-57-31-16-14-27-49(57)54-39-46(33-37-59(54)72)42-20-7-2-8-21-42)52-40-47(71-56-30-15-13-26-48(56)53-38-45(32-36-58(53)71)41-18-5-1-6-19-41)34-35-51(52)63-69-61(43-22-9-3-10-23-43)68-62(70-63)44-24-11-4-12-25-44/h1-40H. The Morgan fingerprint density at radius 3 is 1.26 bits per heavy atom. The quantitative estimate of drug-likeness (QED) is 0.153. The zero-order valence-electron chi connectivity index (χ0n) is 38.5. The Hall–Kier alpha value is -9.40. The summed E-state index contributed by atoms with van der Waals surface area (Å²) in [6.07, 6.45) is -4.75. The Morgan fingerprint density at radius 2 is 0.736 bits per heavy atom. The minimum Gasteiger partial charge on any atom is -0.309 e. The zero-order valence-corrected chi connectivity index (χ0v) is 38.5. The Morgan fingerprint density at radius 1 is 0.292 bits per heavy atom. The molecule has 0 saturated carbocycles. The summed E-state index contributed by atoms with van der Waals surface area (Å²) in [5.41, 5.74) is 10.3. The van der Waals surface area contributed by atoms with Crippen LogP contribution in [-0.4, -0.2) is 24.1 Å². The summed E-state index contributed by atoms with van der Waals surface area (Å²) in [5.74, 6) is 1.19. The Kier molecular flexibility index (Phi) is 10.2. The first kappa shape index (κ1) is 42.7. The van der Waals surface area contributed by atoms with Crippen LogP contribution in [0.4, 0.5) is 13.2 Å². The summed E-state index contributed by atoms with van der Waals surface area (Å²) in [7, 11) is 0. The van der Waals surface area contributed by atoms with Crippen molar-refractivity contribution < 1.29 is 13.2 Å². The molecule has 342 valence electrons. The molecule has 0 spiro atoms. The van der Waals surface area contributed by atoms with Gasteiger partial charge in [0, 0.05) is 49.5 Å². The Labute approximate surface area is 412 Å². The van der Waals surface area contributed by atoms with Crippen LogP contribution < -0.4 is 0 Å². The molecular formula is C64H40F3N5. The molecule has 3 heterocycles. The van der Waals surface area contributed by atoms with Crippen molar-refractivity contribution in [2.75, 3.05) is 0 Å². The zero-order chi connectivity index (χ0) is 48.3. The summed E-state index contributed by atoms with van der Waals surface area (Å²) >= 11 is 0. The number of alkyl halides is 3. The maximum absolute atomic E-state index is 16.1. The lowest BCUT2D eigenvalue weighted by Crippen LogP contribution is -2.12. The fourth-order valence-electron chi connectivity index (χ4n) is 10.3. The largest absolute Gasteiger partial charge is 0.418 e. The number of halogens is 3. The second-order valence-electron chi connectivity index (χ2n) is 17.9. The van der Waals surface area contributed by atoms with Crippen LogP contribution in [0.1, 0.15) is 5.56 Å². The van der Waals surface area contributed by atoms with Gasteiger partial charge in [-0.15, -0.1) is 0 Å². The molecule has 0 saturated heterocycles. The third kappa shape index (κ3) is 7.31. The van der Waals surface area contributed by atoms with Gasteiger partial charge in [-0.05, 0) is 88.5 Å². The third-order valence-corrected chi connectivity index (χ3v) is 13.6. The third-order valence-electron chi connectivity index (χ3n) is 13.6. The molecule has 72 heavy (non-hydrogen) atoms. The van der Waals surface area contributed by atoms with E-state index in [0.717, 1.165) is 71.6 Å². The van der Waals surface area contributed by atoms with Crippen molar-refractivity contribution in [3.05, 3.63) is 248 Å². The van der Waals surface area contributed by atoms with Gasteiger partial charge in [0.2, 0.25) is 0 Å². The highest BCUT2D eigenvalue weighted by Gasteiger charge is 2.37. The SMILES string of the molecule is FC(F)(F)c1cccc(-c2cc(-n3c4ccccc4c4cc(-c5ccccc5)ccc43)ccc2-c2nc(-c3ccccc3)nc(-c3ccccc3)n2)c1-n1c2ccccc2c2cc(-c3ccccc3)ccc21. The van der Waals surface area contributed by atoms with Crippen LogP contribution in [0.3, 0.4) is 0 Å². The predicted octanol–water partition coefficient (Wildman–Crippen LogP) is 17.1. The predicted molar refractivity (Wildman–Crippen MR) is 286 cm³/mol. The van der Waals surface area contributed by atoms with Crippen LogP contribution in [0.15, 0.2) is 243 Å². The number of hydrogen-bond donors (Lipinski definition) is 0. The van der Waals surface area contributed by atoms with E-state index in [2.05, 4.69) is 53.1 Å². The van der Waals surface area contributed by atoms with Crippen LogP contribution >= 0.6 is 0 Å². The van der Waals surface area contributed by atoms with E-state index in [1.807, 2.05) is 176 Å². The molecule has 0 aliphatic heterocycles. The Bertz CT molecular complexity index is 4130. The van der Waals surface area contributed by atoms with Gasteiger partial charge in [0.15, 0.2) is 17.5 Å². The van der Waals surface area contributed by atoms with Gasteiger partial charge in [-0.3, -0.25) is 0 Å². The molecule has 13 rings (SSSR count). The van der Waals surface area contributed by atoms with Crippen LogP contribution in [0, 0.1) is 0 Å². The van der Waals surface area contributed by atoms with Crippen molar-refractivity contribution in [1.82, 2.24) is 24.1 Å². The van der Waals surface area contributed by atoms with Gasteiger partial charge in [-0.2, -0.15) is 13.2 Å². The second kappa shape index (κ2) is 17.2. The van der Waals surface area contributed by atoms with Crippen LogP contribution in [0.25, 0.3) is 123 Å². The summed E-state index contributed by atoms with van der Waals surface area (Å²) in [6.45, 7) is 0. The minimum atomic E-state index is -4.75. The highest BCUT2D eigenvalue weighted by Crippen LogP contribution is 2.47. The van der Waals surface area contributed by atoms with Crippen molar-refractivity contribution >= 4 is 43.6 Å². The smallest absolute Gasteiger partial charge is 0.309 e. The van der Waals surface area contributed by atoms with E-state index in [4.69, 9.17) is 15.0 Å². The first-order valence-electron chi connectivity index (χ1n) is 23.8. The van der Waals surface area contributed by atoms with Gasteiger partial charge in [-0.25, -0.2) is 15.0 Å². The van der Waals surface area contributed by atoms with E-state index in [9.17, 15) is 0 Å². The molecule has 0 atom stereocenters. The topological polar surface area (TPSA) is 48.5 Å². The fourth-order valence-corrected chi connectivity index (χ4v) is 10.3. The lowest BCUT2D eigenvalue weighted by Gasteiger charge is -2.22. The maximum Gasteiger partial charge on any atom is 0.418 e. The average molecular weight is 936 g/mol. The number of rotatable bonds is 8. The molecule has 0 unspecified atom stereocenters. The molecule has 0 bridgehead atoms. The van der Waals surface area contributed by atoms with Crippen molar-refractivity contribution in [2.45, 2.75) is 6.18 Å². The van der Waals surface area contributed by atoms with Gasteiger partial charge in [0.25, 0.3) is 0 Å². The molecule has 0 amide bonds. The normalized spacial score (nSPS) is 11.8. The first-order valence-corrected chi connectivity index (χ1v) is 23.8. The lowest BCUT2D eigenvalue weighted by molar-refractivity contribution is -0.137. The molecule has 8 heteroatoms. The Balaban J connectivity index is 1.13. The monoisotopic (exact) mass is 935 g/mol. The van der Waals surface area contributed by atoms with E-state index in [0.29, 0.717) is 45.2 Å². The minimum absolute atomic E-state index is 0.00240. The van der Waals surface area contributed by atoms with Gasteiger partial charge in [-0.1, -0.05) is 182 Å². The highest BCUT2D eigenvalue weighted by molar-refractivity contribution is 6.12. The summed E-state index contributed by atoms with van der Waals surface area (Å²) in [5, 5.41) is 3.77. The summed E-state index contributed by atoms with van der Waals surface area (Å²) < 4.78 is 52.2. The van der Waals surface area contributed by atoms with E-state index in [1.54, 1.807) is 10.6 Å². The average Bonchev–Trinajstić information content (AvgIpc) is 3.95. The van der Waals surface area contributed by atoms with E-state index < -0.39 is 11.7 Å². The fraction of sp³-hybridized carbons (Fsp3) is 0.0156. The van der Waals surface area contributed by atoms with Crippen molar-refractivity contribution in [2.24, 2.45) is 0 Å². The molecule has 5 nitrogen and oxygen atoms in total. The molecule has 0 aliphatic carbocycles. The number of para-hydroxylation sites is 3. The molecular weight excluding hydrogens is 896 g/mol. The molecule has 0 fully saturated rings. The van der Waals surface area contributed by atoms with Crippen molar-refractivity contribution in [3.63, 3.8) is 0 Å². The summed E-state index contributed by atoms with van der Waals surface area (Å²) in [4.78, 5) is 15.3. The van der Waals surface area contributed by atoms with Crippen LogP contribution in [0.5, 0.6) is 0 Å². The van der Waals surface area contributed by atoms with E-state index >= 15 is 13.2 Å². The first-order chi connectivity index (χ1) is 35.4. The number of nitrogens with zero attached hydrogens (tertiary/aromatic N) is 5. The molecule has 10 aromatic carbocycles. The molecule has 0 aliphatic rings. The van der Waals surface area contributed by atoms with E-state index in [-0.39, 0.29) is 5.69 Å².